The number of amides is 1. The number of methoxy groups -OCH3 is 1. The van der Waals surface area contributed by atoms with Gasteiger partial charge in [0.15, 0.2) is 0 Å². The molecule has 0 radical (unpaired) electrons. The fraction of sp³-hybridized carbons (Fsp3) is 0.364. The van der Waals surface area contributed by atoms with Crippen LogP contribution in [0.25, 0.3) is 0 Å². The first kappa shape index (κ1) is 14.0. The molecule has 6 heteroatoms. The third-order valence-corrected chi connectivity index (χ3v) is 2.61. The molecule has 0 aliphatic carbocycles. The third-order valence-electron chi connectivity index (χ3n) is 2.12. The first-order chi connectivity index (χ1) is 8.08. The molecule has 0 aliphatic heterocycles. The fourth-order valence-corrected chi connectivity index (χ4v) is 1.56. The summed E-state index contributed by atoms with van der Waals surface area (Å²) >= 11 is 3.27. The van der Waals surface area contributed by atoms with Crippen LogP contribution in [0.4, 0.5) is 0 Å². The maximum Gasteiger partial charge on any atom is 0.255 e. The van der Waals surface area contributed by atoms with Crippen molar-refractivity contribution in [3.05, 3.63) is 28.2 Å². The molecule has 0 fully saturated rings. The summed E-state index contributed by atoms with van der Waals surface area (Å²) in [5.41, 5.74) is 0.376. The Morgan fingerprint density at radius 1 is 1.59 bits per heavy atom. The Morgan fingerprint density at radius 3 is 2.88 bits per heavy atom. The number of aliphatic hydroxyl groups is 2. The van der Waals surface area contributed by atoms with Crippen molar-refractivity contribution in [2.45, 2.75) is 6.10 Å². The molecule has 1 amide bonds. The standard InChI is InChI=1S/C11H14BrNO4/c1-17-10-4-7(12)2-3-9(10)11(16)13-5-8(15)6-14/h2-4,8,14-15H,5-6H2,1H3,(H,13,16). The van der Waals surface area contributed by atoms with Crippen molar-refractivity contribution in [1.82, 2.24) is 5.32 Å². The van der Waals surface area contributed by atoms with Gasteiger partial charge in [-0.15, -0.1) is 0 Å². The molecule has 1 aromatic rings. The van der Waals surface area contributed by atoms with Crippen LogP contribution in [0.3, 0.4) is 0 Å². The van der Waals surface area contributed by atoms with Crippen LogP contribution in [-0.2, 0) is 0 Å². The maximum absolute atomic E-state index is 11.8. The molecule has 0 heterocycles. The Labute approximate surface area is 108 Å². The van der Waals surface area contributed by atoms with Crippen LogP contribution in [-0.4, -0.2) is 42.5 Å². The Kier molecular flexibility index (Phi) is 5.40. The Balaban J connectivity index is 2.75. The van der Waals surface area contributed by atoms with Gasteiger partial charge in [-0.3, -0.25) is 4.79 Å². The summed E-state index contributed by atoms with van der Waals surface area (Å²) in [4.78, 5) is 11.8. The van der Waals surface area contributed by atoms with Gasteiger partial charge in [-0.2, -0.15) is 0 Å². The quantitative estimate of drug-likeness (QED) is 0.742. The van der Waals surface area contributed by atoms with Gasteiger partial charge in [0, 0.05) is 11.0 Å². The average molecular weight is 304 g/mol. The highest BCUT2D eigenvalue weighted by atomic mass is 79.9. The van der Waals surface area contributed by atoms with Crippen molar-refractivity contribution in [2.24, 2.45) is 0 Å². The van der Waals surface area contributed by atoms with E-state index in [0.717, 1.165) is 4.47 Å². The summed E-state index contributed by atoms with van der Waals surface area (Å²) in [6, 6.07) is 5.01. The molecule has 0 saturated heterocycles. The van der Waals surface area contributed by atoms with E-state index in [1.54, 1.807) is 18.2 Å². The van der Waals surface area contributed by atoms with Gasteiger partial charge in [0.2, 0.25) is 0 Å². The highest BCUT2D eigenvalue weighted by molar-refractivity contribution is 9.10. The molecule has 5 nitrogen and oxygen atoms in total. The molecular formula is C11H14BrNO4. The molecule has 1 unspecified atom stereocenters. The van der Waals surface area contributed by atoms with Gasteiger partial charge < -0.3 is 20.3 Å². The second kappa shape index (κ2) is 6.58. The lowest BCUT2D eigenvalue weighted by atomic mass is 10.2. The summed E-state index contributed by atoms with van der Waals surface area (Å²) in [6.45, 7) is -0.397. The van der Waals surface area contributed by atoms with Crippen molar-refractivity contribution in [3.63, 3.8) is 0 Å². The lowest BCUT2D eigenvalue weighted by Crippen LogP contribution is -2.34. The topological polar surface area (TPSA) is 78.8 Å². The number of aliphatic hydroxyl groups excluding tert-OH is 2. The second-order valence-corrected chi connectivity index (χ2v) is 4.31. The molecule has 1 atom stereocenters. The maximum atomic E-state index is 11.8. The van der Waals surface area contributed by atoms with Gasteiger partial charge >= 0.3 is 0 Å². The van der Waals surface area contributed by atoms with E-state index in [2.05, 4.69) is 21.2 Å². The predicted molar refractivity (Wildman–Crippen MR) is 66.1 cm³/mol. The molecule has 0 bridgehead atoms. The minimum atomic E-state index is -0.958. The zero-order valence-electron chi connectivity index (χ0n) is 9.31. The van der Waals surface area contributed by atoms with Crippen molar-refractivity contribution in [1.29, 1.82) is 0 Å². The molecule has 3 N–H and O–H groups in total. The summed E-state index contributed by atoms with van der Waals surface area (Å²) in [7, 11) is 1.47. The summed E-state index contributed by atoms with van der Waals surface area (Å²) in [5.74, 6) is 0.0808. The zero-order chi connectivity index (χ0) is 12.8. The van der Waals surface area contributed by atoms with Crippen molar-refractivity contribution < 1.29 is 19.7 Å². The van der Waals surface area contributed by atoms with Crippen LogP contribution in [0.2, 0.25) is 0 Å². The minimum absolute atomic E-state index is 0.00541. The smallest absolute Gasteiger partial charge is 0.255 e. The highest BCUT2D eigenvalue weighted by Gasteiger charge is 2.13. The van der Waals surface area contributed by atoms with Crippen molar-refractivity contribution in [3.8, 4) is 5.75 Å². The fourth-order valence-electron chi connectivity index (χ4n) is 1.22. The Bertz CT molecular complexity index is 397. The lowest BCUT2D eigenvalue weighted by molar-refractivity contribution is 0.0800. The molecule has 1 aromatic carbocycles. The SMILES string of the molecule is COc1cc(Br)ccc1C(=O)NCC(O)CO. The van der Waals surface area contributed by atoms with E-state index in [-0.39, 0.29) is 12.5 Å². The molecule has 17 heavy (non-hydrogen) atoms. The number of rotatable bonds is 5. The zero-order valence-corrected chi connectivity index (χ0v) is 10.9. The lowest BCUT2D eigenvalue weighted by Gasteiger charge is -2.11. The molecule has 0 aliphatic rings. The number of halogens is 1. The number of nitrogens with one attached hydrogen (secondary N) is 1. The normalized spacial score (nSPS) is 12.0. The first-order valence-electron chi connectivity index (χ1n) is 4.99. The monoisotopic (exact) mass is 303 g/mol. The minimum Gasteiger partial charge on any atom is -0.496 e. The predicted octanol–water partition coefficient (Wildman–Crippen LogP) is 0.541. The average Bonchev–Trinajstić information content (AvgIpc) is 2.35. The van der Waals surface area contributed by atoms with Crippen molar-refractivity contribution in [2.75, 3.05) is 20.3 Å². The van der Waals surface area contributed by atoms with Crippen LogP contribution in [0, 0.1) is 0 Å². The van der Waals surface area contributed by atoms with E-state index in [1.165, 1.54) is 7.11 Å². The van der Waals surface area contributed by atoms with E-state index >= 15 is 0 Å². The van der Waals surface area contributed by atoms with E-state index in [9.17, 15) is 4.79 Å². The molecule has 0 spiro atoms. The summed E-state index contributed by atoms with van der Waals surface area (Å²) in [5, 5.41) is 20.2. The largest absolute Gasteiger partial charge is 0.496 e. The van der Waals surface area contributed by atoms with E-state index < -0.39 is 12.7 Å². The van der Waals surface area contributed by atoms with Gasteiger partial charge in [0.1, 0.15) is 5.75 Å². The van der Waals surface area contributed by atoms with Gasteiger partial charge in [-0.25, -0.2) is 0 Å². The second-order valence-electron chi connectivity index (χ2n) is 3.39. The Morgan fingerprint density at radius 2 is 2.29 bits per heavy atom. The van der Waals surface area contributed by atoms with E-state index in [0.29, 0.717) is 11.3 Å². The van der Waals surface area contributed by atoms with Crippen LogP contribution in [0.5, 0.6) is 5.75 Å². The molecule has 0 aromatic heterocycles. The number of hydrogen-bond acceptors (Lipinski definition) is 4. The number of carbonyl (C=O) groups is 1. The molecular weight excluding hydrogens is 290 g/mol. The van der Waals surface area contributed by atoms with E-state index in [1.807, 2.05) is 0 Å². The van der Waals surface area contributed by atoms with Gasteiger partial charge in [-0.1, -0.05) is 15.9 Å². The van der Waals surface area contributed by atoms with Gasteiger partial charge in [0.25, 0.3) is 5.91 Å². The first-order valence-corrected chi connectivity index (χ1v) is 5.78. The molecule has 1 rings (SSSR count). The number of hydrogen-bond donors (Lipinski definition) is 3. The van der Waals surface area contributed by atoms with Crippen molar-refractivity contribution >= 4 is 21.8 Å². The summed E-state index contributed by atoms with van der Waals surface area (Å²) in [6.07, 6.45) is -0.958. The number of benzene rings is 1. The van der Waals surface area contributed by atoms with Gasteiger partial charge in [-0.05, 0) is 18.2 Å². The number of carbonyl (C=O) groups excluding carboxylic acids is 1. The highest BCUT2D eigenvalue weighted by Crippen LogP contribution is 2.23. The van der Waals surface area contributed by atoms with E-state index in [4.69, 9.17) is 14.9 Å². The van der Waals surface area contributed by atoms with Gasteiger partial charge in [0.05, 0.1) is 25.4 Å². The number of ether oxygens (including phenoxy) is 1. The van der Waals surface area contributed by atoms with Crippen LogP contribution in [0.15, 0.2) is 22.7 Å². The van der Waals surface area contributed by atoms with Crippen LogP contribution in [0.1, 0.15) is 10.4 Å². The molecule has 0 saturated carbocycles. The van der Waals surface area contributed by atoms with Crippen LogP contribution >= 0.6 is 15.9 Å². The van der Waals surface area contributed by atoms with Crippen LogP contribution < -0.4 is 10.1 Å². The Hall–Kier alpha value is -1.11. The molecule has 94 valence electrons. The third kappa shape index (κ3) is 3.99. The summed E-state index contributed by atoms with van der Waals surface area (Å²) < 4.78 is 5.88.